The Balaban J connectivity index is 2.55. The lowest BCUT2D eigenvalue weighted by Gasteiger charge is -2.26. The molecule has 0 spiro atoms. The summed E-state index contributed by atoms with van der Waals surface area (Å²) in [5.41, 5.74) is 5.11. The standard InChI is InChI=1S/C18H25NO/c1-5-13(4)18-12-15(19(6-2)7-3)10-14-11-16(20)8-9-17(14)18/h8-10,12-13H,5-7,11H2,1-4H3. The van der Waals surface area contributed by atoms with E-state index in [1.54, 1.807) is 6.08 Å². The predicted molar refractivity (Wildman–Crippen MR) is 86.5 cm³/mol. The molecule has 0 heterocycles. The Morgan fingerprint density at radius 2 is 1.85 bits per heavy atom. The van der Waals surface area contributed by atoms with E-state index in [1.807, 2.05) is 6.08 Å². The highest BCUT2D eigenvalue weighted by Crippen LogP contribution is 2.33. The number of nitrogens with zero attached hydrogens (tertiary/aromatic N) is 1. The molecule has 20 heavy (non-hydrogen) atoms. The molecule has 1 aromatic carbocycles. The van der Waals surface area contributed by atoms with Gasteiger partial charge < -0.3 is 4.90 Å². The number of carbonyl (C=O) groups excluding carboxylic acids is 1. The van der Waals surface area contributed by atoms with Crippen LogP contribution in [-0.4, -0.2) is 18.9 Å². The molecule has 0 saturated heterocycles. The van der Waals surface area contributed by atoms with Crippen LogP contribution in [0.15, 0.2) is 18.2 Å². The fraction of sp³-hybridized carbons (Fsp3) is 0.500. The summed E-state index contributed by atoms with van der Waals surface area (Å²) in [6, 6.07) is 4.52. The fourth-order valence-corrected chi connectivity index (χ4v) is 2.89. The molecule has 108 valence electrons. The van der Waals surface area contributed by atoms with Gasteiger partial charge in [-0.3, -0.25) is 4.79 Å². The number of ketones is 1. The maximum absolute atomic E-state index is 11.7. The quantitative estimate of drug-likeness (QED) is 0.800. The summed E-state index contributed by atoms with van der Waals surface area (Å²) in [5, 5.41) is 0. The summed E-state index contributed by atoms with van der Waals surface area (Å²) in [7, 11) is 0. The van der Waals surface area contributed by atoms with Crippen molar-refractivity contribution >= 4 is 17.5 Å². The average Bonchev–Trinajstić information content (AvgIpc) is 2.46. The molecule has 0 fully saturated rings. The number of anilines is 1. The van der Waals surface area contributed by atoms with Gasteiger partial charge in [0, 0.05) is 25.2 Å². The van der Waals surface area contributed by atoms with Gasteiger partial charge in [-0.1, -0.05) is 19.9 Å². The normalized spacial score (nSPS) is 15.1. The van der Waals surface area contributed by atoms with E-state index in [2.05, 4.69) is 44.7 Å². The first kappa shape index (κ1) is 14.8. The molecular formula is C18H25NO. The van der Waals surface area contributed by atoms with Crippen molar-refractivity contribution in [2.45, 2.75) is 46.5 Å². The number of carbonyl (C=O) groups is 1. The smallest absolute Gasteiger partial charge is 0.160 e. The lowest BCUT2D eigenvalue weighted by atomic mass is 9.85. The molecule has 1 unspecified atom stereocenters. The molecule has 2 nitrogen and oxygen atoms in total. The Hall–Kier alpha value is -1.57. The van der Waals surface area contributed by atoms with Crippen LogP contribution in [0.1, 0.15) is 56.7 Å². The van der Waals surface area contributed by atoms with Gasteiger partial charge in [-0.05, 0) is 61.1 Å². The van der Waals surface area contributed by atoms with Crippen molar-refractivity contribution in [3.63, 3.8) is 0 Å². The fourth-order valence-electron chi connectivity index (χ4n) is 2.89. The van der Waals surface area contributed by atoms with Gasteiger partial charge in [-0.25, -0.2) is 0 Å². The summed E-state index contributed by atoms with van der Waals surface area (Å²) in [4.78, 5) is 14.1. The molecule has 0 aliphatic heterocycles. The highest BCUT2D eigenvalue weighted by Gasteiger charge is 2.19. The van der Waals surface area contributed by atoms with Gasteiger partial charge in [-0.2, -0.15) is 0 Å². The summed E-state index contributed by atoms with van der Waals surface area (Å²) < 4.78 is 0. The summed E-state index contributed by atoms with van der Waals surface area (Å²) >= 11 is 0. The van der Waals surface area contributed by atoms with E-state index in [1.165, 1.54) is 22.4 Å². The Bertz CT molecular complexity index is 526. The van der Waals surface area contributed by atoms with E-state index in [-0.39, 0.29) is 5.78 Å². The molecule has 1 aromatic rings. The van der Waals surface area contributed by atoms with Crippen LogP contribution in [0, 0.1) is 0 Å². The lowest BCUT2D eigenvalue weighted by molar-refractivity contribution is -0.114. The van der Waals surface area contributed by atoms with Crippen LogP contribution in [0.3, 0.4) is 0 Å². The van der Waals surface area contributed by atoms with Gasteiger partial charge in [0.1, 0.15) is 0 Å². The van der Waals surface area contributed by atoms with Crippen LogP contribution in [0.25, 0.3) is 6.08 Å². The molecular weight excluding hydrogens is 246 g/mol. The summed E-state index contributed by atoms with van der Waals surface area (Å²) in [6.07, 6.45) is 5.40. The molecule has 0 amide bonds. The third-order valence-corrected chi connectivity index (χ3v) is 4.35. The minimum absolute atomic E-state index is 0.212. The van der Waals surface area contributed by atoms with E-state index < -0.39 is 0 Å². The first-order valence-corrected chi connectivity index (χ1v) is 7.73. The van der Waals surface area contributed by atoms with Gasteiger partial charge in [0.15, 0.2) is 5.78 Å². The van der Waals surface area contributed by atoms with Crippen LogP contribution in [0.4, 0.5) is 5.69 Å². The topological polar surface area (TPSA) is 20.3 Å². The van der Waals surface area contributed by atoms with Gasteiger partial charge in [-0.15, -0.1) is 0 Å². The molecule has 0 radical (unpaired) electrons. The Morgan fingerprint density at radius 3 is 2.45 bits per heavy atom. The van der Waals surface area contributed by atoms with Crippen LogP contribution < -0.4 is 4.90 Å². The molecule has 0 N–H and O–H groups in total. The predicted octanol–water partition coefficient (Wildman–Crippen LogP) is 4.18. The van der Waals surface area contributed by atoms with E-state index in [4.69, 9.17) is 0 Å². The van der Waals surface area contributed by atoms with E-state index in [0.717, 1.165) is 19.5 Å². The molecule has 0 aromatic heterocycles. The van der Waals surface area contributed by atoms with Crippen LogP contribution >= 0.6 is 0 Å². The SMILES string of the molecule is CCC(C)c1cc(N(CC)CC)cc2c1C=CC(=O)C2. The molecule has 2 heteroatoms. The minimum Gasteiger partial charge on any atom is -0.372 e. The molecule has 0 saturated carbocycles. The van der Waals surface area contributed by atoms with Gasteiger partial charge in [0.05, 0.1) is 0 Å². The third-order valence-electron chi connectivity index (χ3n) is 4.35. The number of fused-ring (bicyclic) bond motifs is 1. The van der Waals surface area contributed by atoms with Crippen molar-refractivity contribution < 1.29 is 4.79 Å². The maximum atomic E-state index is 11.7. The van der Waals surface area contributed by atoms with Crippen LogP contribution in [-0.2, 0) is 11.2 Å². The maximum Gasteiger partial charge on any atom is 0.160 e. The van der Waals surface area contributed by atoms with Crippen LogP contribution in [0.2, 0.25) is 0 Å². The third kappa shape index (κ3) is 2.79. The largest absolute Gasteiger partial charge is 0.372 e. The van der Waals surface area contributed by atoms with Crippen LogP contribution in [0.5, 0.6) is 0 Å². The minimum atomic E-state index is 0.212. The van der Waals surface area contributed by atoms with E-state index >= 15 is 0 Å². The average molecular weight is 271 g/mol. The first-order valence-electron chi connectivity index (χ1n) is 7.73. The molecule has 2 rings (SSSR count). The van der Waals surface area contributed by atoms with Crippen molar-refractivity contribution in [3.05, 3.63) is 34.9 Å². The number of hydrogen-bond donors (Lipinski definition) is 0. The Labute approximate surface area is 122 Å². The second-order valence-electron chi connectivity index (χ2n) is 5.57. The van der Waals surface area contributed by atoms with Crippen molar-refractivity contribution in [1.82, 2.24) is 0 Å². The van der Waals surface area contributed by atoms with E-state index in [0.29, 0.717) is 12.3 Å². The van der Waals surface area contributed by atoms with Gasteiger partial charge in [0.2, 0.25) is 0 Å². The summed E-state index contributed by atoms with van der Waals surface area (Å²) in [5.74, 6) is 0.737. The highest BCUT2D eigenvalue weighted by atomic mass is 16.1. The van der Waals surface area contributed by atoms with Crippen molar-refractivity contribution in [2.75, 3.05) is 18.0 Å². The highest BCUT2D eigenvalue weighted by molar-refractivity contribution is 5.99. The molecule has 1 aliphatic rings. The number of hydrogen-bond acceptors (Lipinski definition) is 2. The zero-order chi connectivity index (χ0) is 14.7. The van der Waals surface area contributed by atoms with E-state index in [9.17, 15) is 4.79 Å². The number of allylic oxidation sites excluding steroid dienone is 1. The van der Waals surface area contributed by atoms with Gasteiger partial charge >= 0.3 is 0 Å². The molecule has 0 bridgehead atoms. The zero-order valence-electron chi connectivity index (χ0n) is 13.1. The second kappa shape index (κ2) is 6.25. The zero-order valence-corrected chi connectivity index (χ0v) is 13.1. The van der Waals surface area contributed by atoms with Gasteiger partial charge in [0.25, 0.3) is 0 Å². The Morgan fingerprint density at radius 1 is 1.15 bits per heavy atom. The van der Waals surface area contributed by atoms with Crippen molar-refractivity contribution in [2.24, 2.45) is 0 Å². The van der Waals surface area contributed by atoms with Crippen molar-refractivity contribution in [1.29, 1.82) is 0 Å². The number of rotatable bonds is 5. The summed E-state index contributed by atoms with van der Waals surface area (Å²) in [6.45, 7) is 10.8. The second-order valence-corrected chi connectivity index (χ2v) is 5.57. The number of benzene rings is 1. The molecule has 1 atom stereocenters. The molecule has 1 aliphatic carbocycles. The Kier molecular flexibility index (Phi) is 4.64. The lowest BCUT2D eigenvalue weighted by Crippen LogP contribution is -2.23. The monoisotopic (exact) mass is 271 g/mol. The first-order chi connectivity index (χ1) is 9.60. The van der Waals surface area contributed by atoms with Crippen molar-refractivity contribution in [3.8, 4) is 0 Å².